The van der Waals surface area contributed by atoms with Crippen LogP contribution in [0.5, 0.6) is 5.75 Å². The van der Waals surface area contributed by atoms with Gasteiger partial charge in [-0.3, -0.25) is 0 Å². The number of benzene rings is 2. The van der Waals surface area contributed by atoms with Gasteiger partial charge in [-0.1, -0.05) is 17.7 Å². The predicted molar refractivity (Wildman–Crippen MR) is 92.5 cm³/mol. The molecule has 0 amide bonds. The maximum Gasteiger partial charge on any atom is 0.141 e. The maximum absolute atomic E-state index is 13.5. The molecule has 0 spiro atoms. The zero-order valence-electron chi connectivity index (χ0n) is 10.3. The van der Waals surface area contributed by atoms with Crippen molar-refractivity contribution in [1.29, 1.82) is 0 Å². The van der Waals surface area contributed by atoms with Gasteiger partial charge in [-0.2, -0.15) is 0 Å². The molecule has 0 heterocycles. The molecule has 0 fully saturated rings. The Labute approximate surface area is 148 Å². The van der Waals surface area contributed by atoms with Crippen LogP contribution in [0.15, 0.2) is 34.8 Å². The first-order valence-electron chi connectivity index (χ1n) is 5.56. The van der Waals surface area contributed by atoms with Crippen LogP contribution in [0.3, 0.4) is 0 Å². The number of alkyl halides is 1. The topological polar surface area (TPSA) is 9.23 Å². The van der Waals surface area contributed by atoms with Crippen molar-refractivity contribution in [1.82, 2.24) is 0 Å². The molecule has 2 rings (SSSR count). The van der Waals surface area contributed by atoms with Crippen molar-refractivity contribution in [3.63, 3.8) is 0 Å². The Hall–Kier alpha value is -0.0400. The van der Waals surface area contributed by atoms with Crippen LogP contribution in [0.25, 0.3) is 0 Å². The second-order valence-corrected chi connectivity index (χ2v) is 6.90. The third-order valence-corrected chi connectivity index (χ3v) is 5.45. The largest absolute Gasteiger partial charge is 0.496 e. The van der Waals surface area contributed by atoms with Crippen molar-refractivity contribution in [2.24, 2.45) is 0 Å². The SMILES string of the molecule is COc1cc(F)c(Br)cc1C(Cl)c1ccc(I)c(Cl)c1. The van der Waals surface area contributed by atoms with E-state index in [4.69, 9.17) is 27.9 Å². The number of methoxy groups -OCH3 is 1. The van der Waals surface area contributed by atoms with Crippen molar-refractivity contribution in [2.45, 2.75) is 5.38 Å². The van der Waals surface area contributed by atoms with Gasteiger partial charge < -0.3 is 4.74 Å². The van der Waals surface area contributed by atoms with Gasteiger partial charge in [0.05, 0.1) is 22.0 Å². The van der Waals surface area contributed by atoms with Crippen LogP contribution < -0.4 is 4.74 Å². The van der Waals surface area contributed by atoms with E-state index in [0.29, 0.717) is 20.8 Å². The molecule has 2 aromatic carbocycles. The zero-order chi connectivity index (χ0) is 14.9. The molecule has 0 bridgehead atoms. The number of hydrogen-bond acceptors (Lipinski definition) is 1. The molecule has 0 aliphatic heterocycles. The molecule has 1 unspecified atom stereocenters. The van der Waals surface area contributed by atoms with Gasteiger partial charge >= 0.3 is 0 Å². The van der Waals surface area contributed by atoms with Gasteiger partial charge in [0, 0.05) is 15.2 Å². The minimum Gasteiger partial charge on any atom is -0.496 e. The number of hydrogen-bond donors (Lipinski definition) is 0. The first kappa shape index (κ1) is 16.3. The Morgan fingerprint density at radius 3 is 2.60 bits per heavy atom. The van der Waals surface area contributed by atoms with E-state index in [1.165, 1.54) is 13.2 Å². The molecule has 2 aromatic rings. The fraction of sp³-hybridized carbons (Fsp3) is 0.143. The lowest BCUT2D eigenvalue weighted by Gasteiger charge is -2.16. The Balaban J connectivity index is 2.49. The molecule has 0 radical (unpaired) electrons. The average molecular weight is 490 g/mol. The molecule has 0 saturated heterocycles. The lowest BCUT2D eigenvalue weighted by molar-refractivity contribution is 0.406. The number of halogens is 5. The summed E-state index contributed by atoms with van der Waals surface area (Å²) < 4.78 is 20.0. The molecular weight excluding hydrogens is 481 g/mol. The van der Waals surface area contributed by atoms with Gasteiger partial charge in [0.15, 0.2) is 0 Å². The average Bonchev–Trinajstić information content (AvgIpc) is 2.43. The highest BCUT2D eigenvalue weighted by molar-refractivity contribution is 14.1. The predicted octanol–water partition coefficient (Wildman–Crippen LogP) is 6.18. The van der Waals surface area contributed by atoms with E-state index >= 15 is 0 Å². The summed E-state index contributed by atoms with van der Waals surface area (Å²) in [5, 5.41) is 0.158. The molecule has 20 heavy (non-hydrogen) atoms. The third kappa shape index (κ3) is 3.40. The number of rotatable bonds is 3. The van der Waals surface area contributed by atoms with Crippen LogP contribution in [0, 0.1) is 9.39 Å². The molecule has 1 atom stereocenters. The fourth-order valence-electron chi connectivity index (χ4n) is 1.77. The van der Waals surface area contributed by atoms with E-state index in [9.17, 15) is 4.39 Å². The van der Waals surface area contributed by atoms with E-state index < -0.39 is 11.2 Å². The normalized spacial score (nSPS) is 12.3. The minimum absolute atomic E-state index is 0.343. The highest BCUT2D eigenvalue weighted by Gasteiger charge is 2.19. The number of ether oxygens (including phenoxy) is 1. The highest BCUT2D eigenvalue weighted by atomic mass is 127. The Bertz CT molecular complexity index is 651. The Morgan fingerprint density at radius 1 is 1.30 bits per heavy atom. The van der Waals surface area contributed by atoms with Crippen LogP contribution in [0.2, 0.25) is 5.02 Å². The van der Waals surface area contributed by atoms with E-state index in [2.05, 4.69) is 38.5 Å². The van der Waals surface area contributed by atoms with E-state index in [0.717, 1.165) is 9.13 Å². The Morgan fingerprint density at radius 2 is 2.00 bits per heavy atom. The van der Waals surface area contributed by atoms with Gasteiger partial charge in [0.1, 0.15) is 11.6 Å². The van der Waals surface area contributed by atoms with Crippen LogP contribution in [0.1, 0.15) is 16.5 Å². The first-order chi connectivity index (χ1) is 9.43. The molecule has 0 aliphatic rings. The standard InChI is InChI=1S/C14H9BrCl2FIO/c1-20-13-6-11(18)9(15)5-8(13)14(17)7-2-3-12(19)10(16)4-7/h2-6,14H,1H3. The quantitative estimate of drug-likeness (QED) is 0.369. The summed E-state index contributed by atoms with van der Waals surface area (Å²) in [5.41, 5.74) is 1.51. The minimum atomic E-state index is -0.476. The summed E-state index contributed by atoms with van der Waals surface area (Å²) >= 11 is 17.9. The molecule has 0 aliphatic carbocycles. The maximum atomic E-state index is 13.5. The molecular formula is C14H9BrCl2FIO. The summed E-state index contributed by atoms with van der Waals surface area (Å²) in [4.78, 5) is 0. The van der Waals surface area contributed by atoms with E-state index in [1.54, 1.807) is 12.1 Å². The van der Waals surface area contributed by atoms with Crippen molar-refractivity contribution in [2.75, 3.05) is 7.11 Å². The van der Waals surface area contributed by atoms with Gasteiger partial charge in [-0.05, 0) is 62.3 Å². The van der Waals surface area contributed by atoms with Crippen molar-refractivity contribution >= 4 is 61.7 Å². The van der Waals surface area contributed by atoms with Crippen molar-refractivity contribution in [3.8, 4) is 5.75 Å². The lowest BCUT2D eigenvalue weighted by atomic mass is 10.0. The lowest BCUT2D eigenvalue weighted by Crippen LogP contribution is -1.99. The zero-order valence-corrected chi connectivity index (χ0v) is 15.5. The summed E-state index contributed by atoms with van der Waals surface area (Å²) in [6, 6.07) is 8.51. The smallest absolute Gasteiger partial charge is 0.141 e. The molecule has 0 saturated carbocycles. The van der Waals surface area contributed by atoms with Gasteiger partial charge in [-0.15, -0.1) is 11.6 Å². The second kappa shape index (κ2) is 6.81. The molecule has 1 nitrogen and oxygen atoms in total. The highest BCUT2D eigenvalue weighted by Crippen LogP contribution is 2.38. The van der Waals surface area contributed by atoms with Crippen molar-refractivity contribution < 1.29 is 9.13 Å². The molecule has 0 N–H and O–H groups in total. The van der Waals surface area contributed by atoms with Gasteiger partial charge in [-0.25, -0.2) is 4.39 Å². The van der Waals surface area contributed by atoms with E-state index in [1.807, 2.05) is 12.1 Å². The summed E-state index contributed by atoms with van der Waals surface area (Å²) in [5.74, 6) is 0.00971. The summed E-state index contributed by atoms with van der Waals surface area (Å²) in [7, 11) is 1.48. The van der Waals surface area contributed by atoms with Crippen LogP contribution in [-0.2, 0) is 0 Å². The van der Waals surface area contributed by atoms with E-state index in [-0.39, 0.29) is 0 Å². The van der Waals surface area contributed by atoms with Gasteiger partial charge in [0.2, 0.25) is 0 Å². The third-order valence-electron chi connectivity index (χ3n) is 2.78. The van der Waals surface area contributed by atoms with Crippen LogP contribution in [0.4, 0.5) is 4.39 Å². The fourth-order valence-corrected chi connectivity index (χ4v) is 2.96. The second-order valence-electron chi connectivity index (χ2n) is 4.04. The van der Waals surface area contributed by atoms with Gasteiger partial charge in [0.25, 0.3) is 0 Å². The first-order valence-corrected chi connectivity index (χ1v) is 8.24. The summed E-state index contributed by atoms with van der Waals surface area (Å²) in [6.45, 7) is 0. The van der Waals surface area contributed by atoms with Crippen molar-refractivity contribution in [3.05, 3.63) is 60.3 Å². The molecule has 6 heteroatoms. The molecule has 0 aromatic heterocycles. The molecule has 106 valence electrons. The monoisotopic (exact) mass is 488 g/mol. The summed E-state index contributed by atoms with van der Waals surface area (Å²) in [6.07, 6.45) is 0. The Kier molecular flexibility index (Phi) is 5.56. The van der Waals surface area contributed by atoms with Crippen LogP contribution >= 0.6 is 61.7 Å². The van der Waals surface area contributed by atoms with Crippen LogP contribution in [-0.4, -0.2) is 7.11 Å².